The second-order valence-corrected chi connectivity index (χ2v) is 7.82. The van der Waals surface area contributed by atoms with Gasteiger partial charge in [0.25, 0.3) is 0 Å². The number of nitrogens with two attached hydrogens (primary N) is 1. The molecule has 2 aliphatic rings. The average Bonchev–Trinajstić information content (AvgIpc) is 3.30. The number of aromatic nitrogens is 3. The van der Waals surface area contributed by atoms with E-state index in [4.69, 9.17) is 10.5 Å². The summed E-state index contributed by atoms with van der Waals surface area (Å²) in [6.07, 6.45) is 5.07. The van der Waals surface area contributed by atoms with Crippen LogP contribution in [0.5, 0.6) is 5.75 Å². The lowest BCUT2D eigenvalue weighted by Crippen LogP contribution is -2.23. The Hall–Kier alpha value is -2.44. The topological polar surface area (TPSA) is 68.7 Å². The molecule has 1 aliphatic heterocycles. The van der Waals surface area contributed by atoms with Gasteiger partial charge in [0.05, 0.1) is 6.20 Å². The highest BCUT2D eigenvalue weighted by Crippen LogP contribution is 2.37. The van der Waals surface area contributed by atoms with Crippen LogP contribution in [-0.2, 0) is 0 Å². The smallest absolute Gasteiger partial charge is 0.161 e. The van der Waals surface area contributed by atoms with E-state index in [1.54, 1.807) is 0 Å². The molecular formula is C21H25N5O. The Morgan fingerprint density at radius 1 is 1.04 bits per heavy atom. The maximum absolute atomic E-state index is 6.40. The number of likely N-dealkylation sites (tertiary alicyclic amines) is 1. The van der Waals surface area contributed by atoms with Crippen LogP contribution in [0.15, 0.2) is 42.6 Å². The van der Waals surface area contributed by atoms with Gasteiger partial charge in [-0.25, -0.2) is 0 Å². The van der Waals surface area contributed by atoms with E-state index in [1.165, 1.54) is 11.1 Å². The largest absolute Gasteiger partial charge is 0.484 e. The summed E-state index contributed by atoms with van der Waals surface area (Å²) in [6, 6.07) is 12.5. The summed E-state index contributed by atoms with van der Waals surface area (Å²) in [5, 5.41) is 8.80. The molecule has 5 rings (SSSR count). The van der Waals surface area contributed by atoms with E-state index in [9.17, 15) is 0 Å². The van der Waals surface area contributed by atoms with Gasteiger partial charge in [0.2, 0.25) is 0 Å². The lowest BCUT2D eigenvalue weighted by molar-refractivity contribution is 0.176. The third-order valence-corrected chi connectivity index (χ3v) is 5.92. The first-order valence-electron chi connectivity index (χ1n) is 9.73. The number of hydrogen-bond donors (Lipinski definition) is 1. The Kier molecular flexibility index (Phi) is 4.10. The predicted octanol–water partition coefficient (Wildman–Crippen LogP) is 3.06. The van der Waals surface area contributed by atoms with E-state index < -0.39 is 0 Å². The molecule has 2 N–H and O–H groups in total. The second-order valence-electron chi connectivity index (χ2n) is 7.82. The number of fused-ring (bicyclic) bond motifs is 2. The molecular weight excluding hydrogens is 338 g/mol. The minimum absolute atomic E-state index is 0.0380. The Labute approximate surface area is 159 Å². The molecule has 27 heavy (non-hydrogen) atoms. The van der Waals surface area contributed by atoms with Crippen molar-refractivity contribution in [3.63, 3.8) is 0 Å². The number of rotatable bonds is 3. The van der Waals surface area contributed by atoms with Crippen LogP contribution in [0.25, 0.3) is 5.65 Å². The summed E-state index contributed by atoms with van der Waals surface area (Å²) in [4.78, 5) is 2.34. The van der Waals surface area contributed by atoms with E-state index in [1.807, 2.05) is 18.3 Å². The summed E-state index contributed by atoms with van der Waals surface area (Å²) >= 11 is 0. The number of ether oxygens (including phenoxy) is 1. The van der Waals surface area contributed by atoms with Crippen molar-refractivity contribution in [2.75, 3.05) is 20.1 Å². The lowest BCUT2D eigenvalue weighted by Gasteiger charge is -2.30. The molecule has 1 fully saturated rings. The van der Waals surface area contributed by atoms with Gasteiger partial charge in [-0.2, -0.15) is 0 Å². The van der Waals surface area contributed by atoms with Gasteiger partial charge in [-0.15, -0.1) is 10.2 Å². The number of nitrogens with zero attached hydrogens (tertiary/aromatic N) is 4. The molecule has 3 atom stereocenters. The molecule has 0 saturated carbocycles. The first-order valence-corrected chi connectivity index (χ1v) is 9.73. The van der Waals surface area contributed by atoms with Crippen molar-refractivity contribution < 1.29 is 4.74 Å². The molecule has 1 saturated heterocycles. The molecule has 140 valence electrons. The van der Waals surface area contributed by atoms with Crippen molar-refractivity contribution >= 4 is 5.65 Å². The fraction of sp³-hybridized carbons (Fsp3) is 0.429. The second kappa shape index (κ2) is 6.62. The van der Waals surface area contributed by atoms with E-state index in [-0.39, 0.29) is 12.1 Å². The van der Waals surface area contributed by atoms with Crippen molar-refractivity contribution in [1.82, 2.24) is 19.5 Å². The molecule has 3 heterocycles. The fourth-order valence-electron chi connectivity index (χ4n) is 4.45. The molecule has 0 radical (unpaired) electrons. The van der Waals surface area contributed by atoms with Gasteiger partial charge in [-0.05, 0) is 56.1 Å². The summed E-state index contributed by atoms with van der Waals surface area (Å²) in [5.41, 5.74) is 9.57. The third-order valence-electron chi connectivity index (χ3n) is 5.92. The zero-order valence-corrected chi connectivity index (χ0v) is 15.6. The molecule has 2 aromatic heterocycles. The highest BCUT2D eigenvalue weighted by Gasteiger charge is 2.27. The zero-order chi connectivity index (χ0) is 18.4. The van der Waals surface area contributed by atoms with Crippen LogP contribution < -0.4 is 10.5 Å². The monoisotopic (exact) mass is 363 g/mol. The van der Waals surface area contributed by atoms with Gasteiger partial charge in [-0.1, -0.05) is 24.3 Å². The van der Waals surface area contributed by atoms with Crippen molar-refractivity contribution in [2.24, 2.45) is 5.73 Å². The molecule has 6 nitrogen and oxygen atoms in total. The summed E-state index contributed by atoms with van der Waals surface area (Å²) in [7, 11) is 2.16. The van der Waals surface area contributed by atoms with Gasteiger partial charge < -0.3 is 15.4 Å². The number of likely N-dealkylation sites (N-methyl/N-ethyl adjacent to an activating group) is 1. The maximum Gasteiger partial charge on any atom is 0.161 e. The number of hydrogen-bond acceptors (Lipinski definition) is 5. The molecule has 1 aliphatic carbocycles. The van der Waals surface area contributed by atoms with Gasteiger partial charge >= 0.3 is 0 Å². The van der Waals surface area contributed by atoms with Gasteiger partial charge in [-0.3, -0.25) is 4.40 Å². The molecule has 6 heteroatoms. The number of benzene rings is 1. The van der Waals surface area contributed by atoms with Crippen molar-refractivity contribution in [3.8, 4) is 5.75 Å². The average molecular weight is 363 g/mol. The van der Waals surface area contributed by atoms with E-state index in [0.717, 1.165) is 49.6 Å². The van der Waals surface area contributed by atoms with Gasteiger partial charge in [0.15, 0.2) is 5.65 Å². The normalized spacial score (nSPS) is 25.6. The van der Waals surface area contributed by atoms with E-state index in [2.05, 4.69) is 50.8 Å². The first-order chi connectivity index (χ1) is 13.2. The third kappa shape index (κ3) is 2.99. The quantitative estimate of drug-likeness (QED) is 0.774. The molecule has 1 aromatic carbocycles. The van der Waals surface area contributed by atoms with Gasteiger partial charge in [0.1, 0.15) is 17.7 Å². The van der Waals surface area contributed by atoms with Crippen LogP contribution in [0, 0.1) is 0 Å². The number of pyridine rings is 1. The maximum atomic E-state index is 6.40. The van der Waals surface area contributed by atoms with Crippen LogP contribution >= 0.6 is 0 Å². The first kappa shape index (κ1) is 16.7. The Bertz CT molecular complexity index is 968. The Morgan fingerprint density at radius 3 is 2.70 bits per heavy atom. The lowest BCUT2D eigenvalue weighted by atomic mass is 9.86. The summed E-state index contributed by atoms with van der Waals surface area (Å²) in [5.74, 6) is 2.31. The van der Waals surface area contributed by atoms with Crippen LogP contribution in [0.3, 0.4) is 0 Å². The van der Waals surface area contributed by atoms with Crippen LogP contribution in [-0.4, -0.2) is 39.6 Å². The van der Waals surface area contributed by atoms with Crippen LogP contribution in [0.1, 0.15) is 54.3 Å². The Balaban J connectivity index is 1.45. The Morgan fingerprint density at radius 2 is 1.89 bits per heavy atom. The highest BCUT2D eigenvalue weighted by atomic mass is 16.5. The zero-order valence-electron chi connectivity index (χ0n) is 15.6. The fourth-order valence-corrected chi connectivity index (χ4v) is 4.45. The minimum Gasteiger partial charge on any atom is -0.484 e. The molecule has 0 spiro atoms. The van der Waals surface area contributed by atoms with Crippen molar-refractivity contribution in [3.05, 3.63) is 59.5 Å². The van der Waals surface area contributed by atoms with Crippen molar-refractivity contribution in [2.45, 2.75) is 37.3 Å². The van der Waals surface area contributed by atoms with E-state index in [0.29, 0.717) is 5.92 Å². The molecule has 0 unspecified atom stereocenters. The molecule has 0 amide bonds. The predicted molar refractivity (Wildman–Crippen MR) is 104 cm³/mol. The highest BCUT2D eigenvalue weighted by molar-refractivity contribution is 5.43. The standard InChI is InChI=1S/C21H25N5O/c1-25-11-10-14(12-25)21-24-23-20-9-6-15(13-26(20)21)27-19-8-7-18(22)16-4-2-3-5-17(16)19/h2-6,9,13-14,18-19H,7-8,10-12,22H2,1H3/t14-,18+,19-/m1/s1. The molecule has 0 bridgehead atoms. The molecule has 3 aromatic rings. The van der Waals surface area contributed by atoms with Crippen LogP contribution in [0.4, 0.5) is 0 Å². The van der Waals surface area contributed by atoms with Crippen molar-refractivity contribution in [1.29, 1.82) is 0 Å². The van der Waals surface area contributed by atoms with E-state index >= 15 is 0 Å². The van der Waals surface area contributed by atoms with Crippen LogP contribution in [0.2, 0.25) is 0 Å². The summed E-state index contributed by atoms with van der Waals surface area (Å²) in [6.45, 7) is 2.13. The van der Waals surface area contributed by atoms with Gasteiger partial charge in [0, 0.05) is 18.5 Å². The summed E-state index contributed by atoms with van der Waals surface area (Å²) < 4.78 is 8.50. The minimum atomic E-state index is 0.0380. The SMILES string of the molecule is CN1CC[C@@H](c2nnc3ccc(O[C@@H]4CC[C@H](N)c5ccccc54)cn23)C1.